The highest BCUT2D eigenvalue weighted by molar-refractivity contribution is 7.99. The molecule has 31 heavy (non-hydrogen) atoms. The highest BCUT2D eigenvalue weighted by Crippen LogP contribution is 2.29. The molecule has 1 atom stereocenters. The number of carboxylic acids is 1. The lowest BCUT2D eigenvalue weighted by Crippen LogP contribution is -2.16. The van der Waals surface area contributed by atoms with Gasteiger partial charge >= 0.3 is 12.1 Å². The van der Waals surface area contributed by atoms with Crippen molar-refractivity contribution in [2.75, 3.05) is 16.8 Å². The molecule has 0 aliphatic heterocycles. The van der Waals surface area contributed by atoms with Crippen LogP contribution in [-0.4, -0.2) is 33.8 Å². The first-order valence-electron chi connectivity index (χ1n) is 9.49. The number of carboxylic acid groups (broad SMARTS) is 1. The fraction of sp³-hybridized carbons (Fsp3) is 0.227. The molecule has 0 spiro atoms. The number of halogens is 1. The molecule has 1 unspecified atom stereocenters. The first-order chi connectivity index (χ1) is 14.9. The number of nitrogens with one attached hydrogen (secondary N) is 1. The average Bonchev–Trinajstić information content (AvgIpc) is 3.19. The van der Waals surface area contributed by atoms with Crippen molar-refractivity contribution in [3.63, 3.8) is 0 Å². The maximum Gasteiger partial charge on any atom is 0.412 e. The van der Waals surface area contributed by atoms with Crippen LogP contribution in [-0.2, 0) is 16.0 Å². The third-order valence-corrected chi connectivity index (χ3v) is 5.71. The summed E-state index contributed by atoms with van der Waals surface area (Å²) in [6.07, 6.45) is 0.918. The first kappa shape index (κ1) is 22.7. The third kappa shape index (κ3) is 6.50. The second-order valence-corrected chi connectivity index (χ2v) is 8.18. The van der Waals surface area contributed by atoms with Crippen LogP contribution in [0.3, 0.4) is 0 Å². The van der Waals surface area contributed by atoms with Gasteiger partial charge in [-0.25, -0.2) is 4.79 Å². The molecule has 0 saturated carbocycles. The Morgan fingerprint density at radius 3 is 2.68 bits per heavy atom. The van der Waals surface area contributed by atoms with Crippen molar-refractivity contribution in [1.82, 2.24) is 5.16 Å². The van der Waals surface area contributed by atoms with Crippen molar-refractivity contribution < 1.29 is 24.0 Å². The number of amides is 1. The summed E-state index contributed by atoms with van der Waals surface area (Å²) in [5.74, 6) is 0.000891. The monoisotopic (exact) mass is 460 g/mol. The number of anilines is 1. The van der Waals surface area contributed by atoms with Gasteiger partial charge in [-0.1, -0.05) is 59.2 Å². The van der Waals surface area contributed by atoms with Crippen LogP contribution in [0.25, 0.3) is 11.3 Å². The summed E-state index contributed by atoms with van der Waals surface area (Å²) in [5.41, 5.74) is 3.43. The van der Waals surface area contributed by atoms with Crippen molar-refractivity contribution in [2.24, 2.45) is 0 Å². The lowest BCUT2D eigenvalue weighted by atomic mass is 10.1. The number of benzene rings is 2. The predicted octanol–water partition coefficient (Wildman–Crippen LogP) is 5.67. The molecule has 2 aromatic carbocycles. The molecule has 0 aliphatic rings. The lowest BCUT2D eigenvalue weighted by molar-refractivity contribution is -0.133. The topological polar surface area (TPSA) is 102 Å². The molecule has 3 rings (SSSR count). The van der Waals surface area contributed by atoms with E-state index in [1.165, 1.54) is 18.0 Å². The van der Waals surface area contributed by atoms with Gasteiger partial charge in [-0.15, -0.1) is 11.8 Å². The summed E-state index contributed by atoms with van der Waals surface area (Å²) in [7, 11) is 0. The zero-order valence-corrected chi connectivity index (χ0v) is 18.3. The van der Waals surface area contributed by atoms with Gasteiger partial charge in [0.15, 0.2) is 0 Å². The van der Waals surface area contributed by atoms with E-state index in [1.54, 1.807) is 19.1 Å². The normalized spacial score (nSPS) is 11.7. The Labute approximate surface area is 188 Å². The van der Waals surface area contributed by atoms with Crippen LogP contribution in [0.4, 0.5) is 10.5 Å². The molecule has 9 heteroatoms. The van der Waals surface area contributed by atoms with Crippen LogP contribution in [0.5, 0.6) is 0 Å². The van der Waals surface area contributed by atoms with Gasteiger partial charge in [0.25, 0.3) is 0 Å². The molecule has 0 aliphatic carbocycles. The quantitative estimate of drug-likeness (QED) is 0.397. The Bertz CT molecular complexity index is 1040. The summed E-state index contributed by atoms with van der Waals surface area (Å²) < 4.78 is 10.5. The van der Waals surface area contributed by atoms with E-state index in [9.17, 15) is 9.59 Å². The number of aryl methyl sites for hydroxylation is 1. The Morgan fingerprint density at radius 1 is 1.23 bits per heavy atom. The van der Waals surface area contributed by atoms with Gasteiger partial charge in [-0.3, -0.25) is 10.1 Å². The SMILES string of the molecule is CC(OC(=O)Nc1conc1-c1ccc(CCSCC(=O)O)cc1)c1ccccc1Cl. The molecule has 0 fully saturated rings. The molecule has 3 aromatic rings. The van der Waals surface area contributed by atoms with E-state index in [1.807, 2.05) is 36.4 Å². The second-order valence-electron chi connectivity index (χ2n) is 6.66. The zero-order chi connectivity index (χ0) is 22.2. The fourth-order valence-corrected chi connectivity index (χ4v) is 3.87. The van der Waals surface area contributed by atoms with Crippen molar-refractivity contribution >= 4 is 41.1 Å². The average molecular weight is 461 g/mol. The van der Waals surface area contributed by atoms with Gasteiger partial charge in [-0.05, 0) is 30.7 Å². The molecule has 1 amide bonds. The van der Waals surface area contributed by atoms with Crippen LogP contribution in [0.1, 0.15) is 24.2 Å². The molecule has 162 valence electrons. The molecule has 0 bridgehead atoms. The van der Waals surface area contributed by atoms with Crippen LogP contribution in [0.2, 0.25) is 5.02 Å². The minimum absolute atomic E-state index is 0.0945. The molecule has 0 radical (unpaired) electrons. The van der Waals surface area contributed by atoms with Crippen molar-refractivity contribution in [1.29, 1.82) is 0 Å². The van der Waals surface area contributed by atoms with E-state index < -0.39 is 18.2 Å². The Kier molecular flexibility index (Phi) is 7.97. The minimum Gasteiger partial charge on any atom is -0.481 e. The van der Waals surface area contributed by atoms with Gasteiger partial charge in [0.2, 0.25) is 0 Å². The summed E-state index contributed by atoms with van der Waals surface area (Å²) >= 11 is 7.53. The molecule has 7 nitrogen and oxygen atoms in total. The minimum atomic E-state index is -0.814. The van der Waals surface area contributed by atoms with Crippen LogP contribution in [0.15, 0.2) is 59.3 Å². The number of aliphatic carboxylic acids is 1. The lowest BCUT2D eigenvalue weighted by Gasteiger charge is -2.15. The van der Waals surface area contributed by atoms with Gasteiger partial charge < -0.3 is 14.4 Å². The van der Waals surface area contributed by atoms with Gasteiger partial charge in [0, 0.05) is 16.1 Å². The number of rotatable bonds is 9. The Morgan fingerprint density at radius 2 is 1.97 bits per heavy atom. The third-order valence-electron chi connectivity index (χ3n) is 4.42. The number of carbonyl (C=O) groups is 2. The smallest absolute Gasteiger partial charge is 0.412 e. The van der Waals surface area contributed by atoms with Crippen LogP contribution in [0, 0.1) is 0 Å². The number of hydrogen-bond acceptors (Lipinski definition) is 6. The number of aromatic nitrogens is 1. The number of nitrogens with zero attached hydrogens (tertiary/aromatic N) is 1. The highest BCUT2D eigenvalue weighted by atomic mass is 35.5. The van der Waals surface area contributed by atoms with Crippen molar-refractivity contribution in [3.8, 4) is 11.3 Å². The van der Waals surface area contributed by atoms with Crippen molar-refractivity contribution in [2.45, 2.75) is 19.4 Å². The molecular weight excluding hydrogens is 440 g/mol. The molecule has 0 saturated heterocycles. The van der Waals surface area contributed by atoms with Crippen LogP contribution < -0.4 is 5.32 Å². The Balaban J connectivity index is 1.59. The maximum atomic E-state index is 12.3. The largest absolute Gasteiger partial charge is 0.481 e. The van der Waals surface area contributed by atoms with E-state index in [0.29, 0.717) is 22.0 Å². The number of ether oxygens (including phenoxy) is 1. The van der Waals surface area contributed by atoms with Crippen molar-refractivity contribution in [3.05, 3.63) is 70.9 Å². The van der Waals surface area contributed by atoms with E-state index >= 15 is 0 Å². The maximum absolute atomic E-state index is 12.3. The summed E-state index contributed by atoms with van der Waals surface area (Å²) in [5, 5.41) is 15.8. The van der Waals surface area contributed by atoms with Gasteiger partial charge in [0.05, 0.1) is 5.75 Å². The number of hydrogen-bond donors (Lipinski definition) is 2. The molecule has 2 N–H and O–H groups in total. The Hall–Kier alpha value is -2.97. The number of carbonyl (C=O) groups excluding carboxylic acids is 1. The fourth-order valence-electron chi connectivity index (χ4n) is 2.88. The standard InChI is InChI=1S/C22H21ClN2O5S/c1-14(17-4-2-3-5-18(17)23)30-22(28)24-19-12-29-25-21(19)16-8-6-15(7-9-16)10-11-31-13-20(26)27/h2-9,12,14H,10-11,13H2,1H3,(H,24,28)(H,26,27). The summed E-state index contributed by atoms with van der Waals surface area (Å²) in [4.78, 5) is 22.9. The van der Waals surface area contributed by atoms with E-state index in [-0.39, 0.29) is 5.75 Å². The van der Waals surface area contributed by atoms with Gasteiger partial charge in [-0.2, -0.15) is 0 Å². The molecule has 1 aromatic heterocycles. The first-order valence-corrected chi connectivity index (χ1v) is 11.0. The second kappa shape index (κ2) is 10.9. The zero-order valence-electron chi connectivity index (χ0n) is 16.7. The summed E-state index contributed by atoms with van der Waals surface area (Å²) in [6, 6.07) is 14.8. The highest BCUT2D eigenvalue weighted by Gasteiger charge is 2.18. The molecular formula is C22H21ClN2O5S. The summed E-state index contributed by atoms with van der Waals surface area (Å²) in [6.45, 7) is 1.74. The predicted molar refractivity (Wildman–Crippen MR) is 121 cm³/mol. The number of thioether (sulfide) groups is 1. The van der Waals surface area contributed by atoms with E-state index in [0.717, 1.165) is 23.3 Å². The van der Waals surface area contributed by atoms with E-state index in [4.69, 9.17) is 26.0 Å². The molecule has 1 heterocycles. The van der Waals surface area contributed by atoms with Gasteiger partial charge in [0.1, 0.15) is 23.7 Å². The van der Waals surface area contributed by atoms with Crippen LogP contribution >= 0.6 is 23.4 Å². The van der Waals surface area contributed by atoms with E-state index in [2.05, 4.69) is 10.5 Å².